The van der Waals surface area contributed by atoms with Gasteiger partial charge in [-0.05, 0) is 64.7 Å². The highest BCUT2D eigenvalue weighted by atomic mass is 79.9. The number of hydrogen-bond donors (Lipinski definition) is 0. The van der Waals surface area contributed by atoms with Gasteiger partial charge in [-0.15, -0.1) is 0 Å². The fourth-order valence-electron chi connectivity index (χ4n) is 5.83. The maximum atomic E-state index is 3.91. The highest BCUT2D eigenvalue weighted by molar-refractivity contribution is 9.10. The van der Waals surface area contributed by atoms with E-state index in [0.717, 1.165) is 15.8 Å². The summed E-state index contributed by atoms with van der Waals surface area (Å²) in [5.74, 6) is 0.781. The van der Waals surface area contributed by atoms with Gasteiger partial charge in [0.2, 0.25) is 0 Å². The molecule has 2 heteroatoms. The van der Waals surface area contributed by atoms with Crippen molar-refractivity contribution in [2.75, 3.05) is 4.90 Å². The summed E-state index contributed by atoms with van der Waals surface area (Å²) in [6.07, 6.45) is 22.0. The van der Waals surface area contributed by atoms with Crippen molar-refractivity contribution in [3.05, 3.63) is 173 Å². The molecule has 0 saturated heterocycles. The van der Waals surface area contributed by atoms with E-state index in [9.17, 15) is 0 Å². The van der Waals surface area contributed by atoms with Crippen molar-refractivity contribution in [2.45, 2.75) is 5.92 Å². The molecule has 180 valence electrons. The van der Waals surface area contributed by atoms with Crippen molar-refractivity contribution in [2.24, 2.45) is 11.8 Å². The maximum Gasteiger partial charge on any atom is 0.0477 e. The van der Waals surface area contributed by atoms with E-state index in [1.807, 2.05) is 12.2 Å². The van der Waals surface area contributed by atoms with Crippen LogP contribution in [0.5, 0.6) is 0 Å². The minimum atomic E-state index is 0.0889. The zero-order valence-corrected chi connectivity index (χ0v) is 22.1. The third-order valence-electron chi connectivity index (χ3n) is 7.36. The summed E-state index contributed by atoms with van der Waals surface area (Å²) in [4.78, 5) is 2.41. The number of benzene rings is 3. The van der Waals surface area contributed by atoms with Crippen LogP contribution in [0.25, 0.3) is 5.57 Å². The van der Waals surface area contributed by atoms with Crippen LogP contribution in [0.3, 0.4) is 0 Å². The third kappa shape index (κ3) is 4.32. The standard InChI is InChI=1S/C35H28BrN/c1-2-3-6-19-33(37(27-14-7-4-8-15-27)28-16-9-5-10-17-28)35-32-24-26(36)21-23-30(32)31-22-20-25-13-11-12-18-29(25)34(31)35/h2-25,29,35H,1H2/b6-3-,33-19-. The number of halogens is 1. The Bertz CT molecular complexity index is 1460. The summed E-state index contributed by atoms with van der Waals surface area (Å²) >= 11 is 3.78. The quantitative estimate of drug-likeness (QED) is 0.280. The third-order valence-corrected chi connectivity index (χ3v) is 7.85. The Morgan fingerprint density at radius 2 is 1.51 bits per heavy atom. The molecule has 1 nitrogen and oxygen atoms in total. The topological polar surface area (TPSA) is 3.24 Å². The van der Waals surface area contributed by atoms with Crippen LogP contribution < -0.4 is 4.90 Å². The zero-order chi connectivity index (χ0) is 25.2. The van der Waals surface area contributed by atoms with Crippen LogP contribution in [-0.2, 0) is 0 Å². The monoisotopic (exact) mass is 541 g/mol. The second-order valence-electron chi connectivity index (χ2n) is 9.48. The van der Waals surface area contributed by atoms with Crippen LogP contribution in [0.4, 0.5) is 11.4 Å². The molecule has 3 unspecified atom stereocenters. The second-order valence-corrected chi connectivity index (χ2v) is 10.4. The first kappa shape index (κ1) is 23.5. The van der Waals surface area contributed by atoms with E-state index in [4.69, 9.17) is 0 Å². The fourth-order valence-corrected chi connectivity index (χ4v) is 6.21. The molecule has 3 atom stereocenters. The summed E-state index contributed by atoms with van der Waals surface area (Å²) in [6, 6.07) is 28.1. The molecule has 0 bridgehead atoms. The van der Waals surface area contributed by atoms with Crippen LogP contribution in [0, 0.1) is 11.8 Å². The predicted molar refractivity (Wildman–Crippen MR) is 161 cm³/mol. The van der Waals surface area contributed by atoms with E-state index in [0.29, 0.717) is 11.8 Å². The number of rotatable bonds is 6. The zero-order valence-electron chi connectivity index (χ0n) is 20.5. The van der Waals surface area contributed by atoms with E-state index in [2.05, 4.69) is 155 Å². The average molecular weight is 543 g/mol. The van der Waals surface area contributed by atoms with Gasteiger partial charge in [0.25, 0.3) is 0 Å². The summed E-state index contributed by atoms with van der Waals surface area (Å²) in [5, 5.41) is 0. The highest BCUT2D eigenvalue weighted by Gasteiger charge is 2.41. The molecule has 0 aromatic heterocycles. The molecule has 3 aromatic carbocycles. The number of nitrogens with zero attached hydrogens (tertiary/aromatic N) is 1. The summed E-state index contributed by atoms with van der Waals surface area (Å²) in [5.41, 5.74) is 8.98. The normalized spacial score (nSPS) is 21.6. The molecule has 0 radical (unpaired) electrons. The van der Waals surface area contributed by atoms with E-state index < -0.39 is 0 Å². The van der Waals surface area contributed by atoms with E-state index >= 15 is 0 Å². The molecule has 3 aliphatic carbocycles. The summed E-state index contributed by atoms with van der Waals surface area (Å²) < 4.78 is 1.10. The first-order valence-electron chi connectivity index (χ1n) is 12.7. The molecule has 0 fully saturated rings. The smallest absolute Gasteiger partial charge is 0.0477 e. The molecule has 3 aromatic rings. The number of para-hydroxylation sites is 2. The van der Waals surface area contributed by atoms with Gasteiger partial charge in [0.15, 0.2) is 0 Å². The average Bonchev–Trinajstić information content (AvgIpc) is 3.27. The van der Waals surface area contributed by atoms with Gasteiger partial charge in [-0.3, -0.25) is 0 Å². The molecule has 3 aliphatic rings. The van der Waals surface area contributed by atoms with Gasteiger partial charge >= 0.3 is 0 Å². The highest BCUT2D eigenvalue weighted by Crippen LogP contribution is 2.55. The van der Waals surface area contributed by atoms with Crippen molar-refractivity contribution in [3.8, 4) is 0 Å². The Balaban J connectivity index is 1.62. The molecule has 0 amide bonds. The van der Waals surface area contributed by atoms with Crippen LogP contribution in [0.1, 0.15) is 17.0 Å². The van der Waals surface area contributed by atoms with Crippen molar-refractivity contribution < 1.29 is 0 Å². The molecule has 6 rings (SSSR count). The van der Waals surface area contributed by atoms with Gasteiger partial charge in [0.1, 0.15) is 0 Å². The minimum absolute atomic E-state index is 0.0889. The Kier molecular flexibility index (Phi) is 6.51. The molecule has 0 aliphatic heterocycles. The van der Waals surface area contributed by atoms with Gasteiger partial charge in [-0.2, -0.15) is 0 Å². The van der Waals surface area contributed by atoms with Gasteiger partial charge < -0.3 is 4.90 Å². The van der Waals surface area contributed by atoms with E-state index in [1.165, 1.54) is 28.0 Å². The van der Waals surface area contributed by atoms with Crippen molar-refractivity contribution in [3.63, 3.8) is 0 Å². The molecule has 0 saturated carbocycles. The van der Waals surface area contributed by atoms with Gasteiger partial charge in [0.05, 0.1) is 0 Å². The van der Waals surface area contributed by atoms with Crippen molar-refractivity contribution in [1.82, 2.24) is 0 Å². The largest absolute Gasteiger partial charge is 0.313 e. The van der Waals surface area contributed by atoms with Gasteiger partial charge in [0, 0.05) is 39.3 Å². The maximum absolute atomic E-state index is 3.91. The van der Waals surface area contributed by atoms with Crippen LogP contribution >= 0.6 is 15.9 Å². The number of allylic oxidation sites excluding steroid dienone is 12. The lowest BCUT2D eigenvalue weighted by atomic mass is 9.73. The fraction of sp³-hybridized carbons (Fsp3) is 0.0857. The Morgan fingerprint density at radius 1 is 0.811 bits per heavy atom. The van der Waals surface area contributed by atoms with E-state index in [-0.39, 0.29) is 5.92 Å². The number of anilines is 2. The van der Waals surface area contributed by atoms with Gasteiger partial charge in [-0.1, -0.05) is 120 Å². The molecular weight excluding hydrogens is 514 g/mol. The van der Waals surface area contributed by atoms with Crippen molar-refractivity contribution in [1.29, 1.82) is 0 Å². The lowest BCUT2D eigenvalue weighted by Crippen LogP contribution is -2.26. The first-order chi connectivity index (χ1) is 18.3. The summed E-state index contributed by atoms with van der Waals surface area (Å²) in [6.45, 7) is 3.91. The van der Waals surface area contributed by atoms with Crippen LogP contribution in [0.2, 0.25) is 0 Å². The number of hydrogen-bond acceptors (Lipinski definition) is 1. The molecule has 0 spiro atoms. The van der Waals surface area contributed by atoms with E-state index in [1.54, 1.807) is 0 Å². The van der Waals surface area contributed by atoms with Crippen molar-refractivity contribution >= 4 is 32.9 Å². The summed E-state index contributed by atoms with van der Waals surface area (Å²) in [7, 11) is 0. The first-order valence-corrected chi connectivity index (χ1v) is 13.5. The Morgan fingerprint density at radius 3 is 2.22 bits per heavy atom. The van der Waals surface area contributed by atoms with Crippen LogP contribution in [0.15, 0.2) is 162 Å². The lowest BCUT2D eigenvalue weighted by Gasteiger charge is -2.37. The molecule has 0 N–H and O–H groups in total. The number of fused-ring (bicyclic) bond motifs is 4. The second kappa shape index (κ2) is 10.2. The minimum Gasteiger partial charge on any atom is -0.313 e. The lowest BCUT2D eigenvalue weighted by molar-refractivity contribution is 0.596. The molecule has 37 heavy (non-hydrogen) atoms. The van der Waals surface area contributed by atoms with Gasteiger partial charge in [-0.25, -0.2) is 0 Å². The SMILES string of the molecule is C=C/C=C\C=C(\C1C2=C(C=CC3C=CC=CC23)c2ccc(Br)cc21)N(c1ccccc1)c1ccccc1. The van der Waals surface area contributed by atoms with Crippen LogP contribution in [-0.4, -0.2) is 0 Å². The Labute approximate surface area is 228 Å². The Hall–Kier alpha value is -3.88. The molecule has 0 heterocycles. The predicted octanol–water partition coefficient (Wildman–Crippen LogP) is 9.69. The molecular formula is C35H28BrN.